The van der Waals surface area contributed by atoms with Crippen LogP contribution in [0.25, 0.3) is 11.1 Å². The Morgan fingerprint density at radius 2 is 1.61 bits per heavy atom. The molecule has 0 fully saturated rings. The van der Waals surface area contributed by atoms with Crippen LogP contribution in [0.5, 0.6) is 0 Å². The number of halogens is 1. The number of hydrogen-bond acceptors (Lipinski definition) is 5. The Morgan fingerprint density at radius 3 is 2.21 bits per heavy atom. The van der Waals surface area contributed by atoms with E-state index in [0.29, 0.717) is 28.6 Å². The summed E-state index contributed by atoms with van der Waals surface area (Å²) in [7, 11) is 1.99. The number of carboxylic acid groups (broad SMARTS) is 1. The number of alkyl carbamates (subject to hydrolysis) is 1. The molecule has 1 amide bonds. The van der Waals surface area contributed by atoms with Crippen molar-refractivity contribution in [3.05, 3.63) is 94.5 Å². The van der Waals surface area contributed by atoms with Crippen molar-refractivity contribution >= 4 is 35.3 Å². The lowest BCUT2D eigenvalue weighted by molar-refractivity contribution is -0.828. The Balaban J connectivity index is 1.44. The van der Waals surface area contributed by atoms with Crippen LogP contribution < -0.4 is 5.32 Å². The first-order chi connectivity index (χ1) is 18.1. The summed E-state index contributed by atoms with van der Waals surface area (Å²) in [5.41, 5.74) is 5.42. The number of aliphatic carboxylic acids is 1. The van der Waals surface area contributed by atoms with Crippen molar-refractivity contribution in [3.8, 4) is 11.1 Å². The van der Waals surface area contributed by atoms with Crippen LogP contribution in [0.4, 0.5) is 4.79 Å². The molecule has 196 valence electrons. The topological polar surface area (TPSA) is 100 Å². The SMILES string of the molecule is CC1=NN=C(NC(=O)OC(C)c2ccccc2Cl)[N+](C)(Cc2ccc(-c3ccc(CC(=O)O)cc3)cc2)C1. The summed E-state index contributed by atoms with van der Waals surface area (Å²) in [5.74, 6) is -0.456. The van der Waals surface area contributed by atoms with E-state index < -0.39 is 18.2 Å². The van der Waals surface area contributed by atoms with Crippen LogP contribution in [0.1, 0.15) is 36.6 Å². The number of quaternary nitrogens is 1. The summed E-state index contributed by atoms with van der Waals surface area (Å²) in [6.07, 6.45) is -1.16. The fourth-order valence-corrected chi connectivity index (χ4v) is 4.78. The number of nitrogens with zero attached hydrogens (tertiary/aromatic N) is 3. The highest BCUT2D eigenvalue weighted by molar-refractivity contribution is 6.31. The molecule has 1 aliphatic rings. The van der Waals surface area contributed by atoms with Gasteiger partial charge in [-0.15, -0.1) is 5.10 Å². The normalized spacial score (nSPS) is 17.7. The Labute approximate surface area is 226 Å². The maximum absolute atomic E-state index is 12.8. The number of ether oxygens (including phenoxy) is 1. The van der Waals surface area contributed by atoms with Crippen molar-refractivity contribution in [3.63, 3.8) is 0 Å². The van der Waals surface area contributed by atoms with Crippen molar-refractivity contribution in [1.82, 2.24) is 5.32 Å². The van der Waals surface area contributed by atoms with Gasteiger partial charge in [0.1, 0.15) is 19.2 Å². The Bertz CT molecular complexity index is 1390. The molecule has 4 rings (SSSR count). The van der Waals surface area contributed by atoms with Gasteiger partial charge in [0.2, 0.25) is 0 Å². The number of carbonyl (C=O) groups is 2. The van der Waals surface area contributed by atoms with Gasteiger partial charge < -0.3 is 9.84 Å². The maximum Gasteiger partial charge on any atom is 0.417 e. The molecule has 0 radical (unpaired) electrons. The zero-order valence-electron chi connectivity index (χ0n) is 21.5. The fourth-order valence-electron chi connectivity index (χ4n) is 4.49. The van der Waals surface area contributed by atoms with Crippen molar-refractivity contribution in [2.24, 2.45) is 10.2 Å². The van der Waals surface area contributed by atoms with E-state index in [0.717, 1.165) is 33.5 Å². The number of nitrogens with one attached hydrogen (secondary N) is 1. The molecule has 1 aliphatic heterocycles. The molecule has 38 heavy (non-hydrogen) atoms. The van der Waals surface area contributed by atoms with Gasteiger partial charge in [-0.3, -0.25) is 9.28 Å². The van der Waals surface area contributed by atoms with Crippen LogP contribution in [-0.2, 0) is 22.5 Å². The second-order valence-corrected chi connectivity index (χ2v) is 10.0. The molecule has 8 nitrogen and oxygen atoms in total. The van der Waals surface area contributed by atoms with E-state index in [1.165, 1.54) is 0 Å². The van der Waals surface area contributed by atoms with E-state index in [-0.39, 0.29) is 6.42 Å². The van der Waals surface area contributed by atoms with Gasteiger partial charge in [0.15, 0.2) is 0 Å². The largest absolute Gasteiger partial charge is 0.481 e. The van der Waals surface area contributed by atoms with Crippen molar-refractivity contribution in [2.75, 3.05) is 13.6 Å². The highest BCUT2D eigenvalue weighted by atomic mass is 35.5. The zero-order valence-corrected chi connectivity index (χ0v) is 22.3. The predicted molar refractivity (Wildman–Crippen MR) is 148 cm³/mol. The molecule has 2 N–H and O–H groups in total. The Morgan fingerprint density at radius 1 is 1.00 bits per heavy atom. The molecule has 0 saturated heterocycles. The smallest absolute Gasteiger partial charge is 0.417 e. The second kappa shape index (κ2) is 11.6. The zero-order chi connectivity index (χ0) is 27.3. The molecular formula is C29H30ClN4O4+. The molecule has 0 aromatic heterocycles. The first kappa shape index (κ1) is 27.0. The lowest BCUT2D eigenvalue weighted by Crippen LogP contribution is -2.59. The van der Waals surface area contributed by atoms with Crippen LogP contribution in [0.15, 0.2) is 83.0 Å². The van der Waals surface area contributed by atoms with Gasteiger partial charge in [-0.1, -0.05) is 83.4 Å². The van der Waals surface area contributed by atoms with Crippen LogP contribution in [0, 0.1) is 0 Å². The minimum absolute atomic E-state index is 0.00279. The summed E-state index contributed by atoms with van der Waals surface area (Å²) in [5, 5.41) is 20.8. The third kappa shape index (κ3) is 6.65. The maximum atomic E-state index is 12.8. The van der Waals surface area contributed by atoms with Gasteiger partial charge in [0, 0.05) is 16.1 Å². The van der Waals surface area contributed by atoms with Crippen molar-refractivity contribution in [2.45, 2.75) is 32.9 Å². The van der Waals surface area contributed by atoms with Crippen LogP contribution in [0.2, 0.25) is 5.02 Å². The first-order valence-corrected chi connectivity index (χ1v) is 12.6. The molecule has 3 aromatic rings. The van der Waals surface area contributed by atoms with Crippen LogP contribution in [-0.4, -0.2) is 46.9 Å². The molecular weight excluding hydrogens is 504 g/mol. The van der Waals surface area contributed by atoms with Crippen molar-refractivity contribution < 1.29 is 23.9 Å². The van der Waals surface area contributed by atoms with Gasteiger partial charge in [-0.05, 0) is 36.6 Å². The first-order valence-electron chi connectivity index (χ1n) is 12.2. The Kier molecular flexibility index (Phi) is 8.24. The van der Waals surface area contributed by atoms with E-state index in [1.807, 2.05) is 80.7 Å². The number of rotatable bonds is 7. The molecule has 0 saturated carbocycles. The number of amides is 1. The average molecular weight is 534 g/mol. The fraction of sp³-hybridized carbons (Fsp3) is 0.241. The van der Waals surface area contributed by atoms with E-state index in [4.69, 9.17) is 21.4 Å². The van der Waals surface area contributed by atoms with Gasteiger partial charge >= 0.3 is 18.0 Å². The highest BCUT2D eigenvalue weighted by Gasteiger charge is 2.36. The van der Waals surface area contributed by atoms with E-state index in [2.05, 4.69) is 15.5 Å². The van der Waals surface area contributed by atoms with Gasteiger partial charge in [-0.25, -0.2) is 10.1 Å². The lowest BCUT2D eigenvalue weighted by Gasteiger charge is -2.35. The standard InChI is InChI=1S/C29H29ClN4O4/c1-19-17-34(3,28(33-32-19)31-29(37)38-20(2)25-6-4-5-7-26(25)30)18-22-10-14-24(15-11-22)23-12-8-21(9-13-23)16-27(35)36/h4-15,20H,16-18H2,1-3H3,(H-,31,33,35,36,37)/p+1. The minimum atomic E-state index is -0.850. The van der Waals surface area contributed by atoms with Gasteiger partial charge in [0.25, 0.3) is 0 Å². The van der Waals surface area contributed by atoms with Gasteiger partial charge in [0.05, 0.1) is 19.2 Å². The molecule has 3 aromatic carbocycles. The quantitative estimate of drug-likeness (QED) is 0.374. The number of carbonyl (C=O) groups excluding carboxylic acids is 1. The van der Waals surface area contributed by atoms with Crippen molar-refractivity contribution in [1.29, 1.82) is 0 Å². The Hall–Kier alpha value is -4.01. The number of hydrogen-bond donors (Lipinski definition) is 2. The van der Waals surface area contributed by atoms with Crippen LogP contribution >= 0.6 is 11.6 Å². The molecule has 0 aliphatic carbocycles. The third-order valence-electron chi connectivity index (χ3n) is 6.37. The number of carboxylic acids is 1. The highest BCUT2D eigenvalue weighted by Crippen LogP contribution is 2.26. The summed E-state index contributed by atoms with van der Waals surface area (Å²) >= 11 is 6.24. The molecule has 2 unspecified atom stereocenters. The summed E-state index contributed by atoms with van der Waals surface area (Å²) < 4.78 is 5.89. The lowest BCUT2D eigenvalue weighted by atomic mass is 10.0. The van der Waals surface area contributed by atoms with Gasteiger partial charge in [-0.2, -0.15) is 0 Å². The summed E-state index contributed by atoms with van der Waals surface area (Å²) in [6.45, 7) is 4.82. The molecule has 0 bridgehead atoms. The van der Waals surface area contributed by atoms with E-state index >= 15 is 0 Å². The number of benzene rings is 3. The molecule has 0 spiro atoms. The van der Waals surface area contributed by atoms with E-state index in [1.54, 1.807) is 13.0 Å². The molecule has 9 heteroatoms. The summed E-state index contributed by atoms with van der Waals surface area (Å²) in [4.78, 5) is 23.7. The monoisotopic (exact) mass is 533 g/mol. The minimum Gasteiger partial charge on any atom is -0.481 e. The van der Waals surface area contributed by atoms with Crippen LogP contribution in [0.3, 0.4) is 0 Å². The number of guanidine groups is 1. The van der Waals surface area contributed by atoms with E-state index in [9.17, 15) is 9.59 Å². The summed E-state index contributed by atoms with van der Waals surface area (Å²) in [6, 6.07) is 22.9. The second-order valence-electron chi connectivity index (χ2n) is 9.63. The third-order valence-corrected chi connectivity index (χ3v) is 6.72. The molecule has 2 atom stereocenters. The predicted octanol–water partition coefficient (Wildman–Crippen LogP) is 5.81. The average Bonchev–Trinajstić information content (AvgIpc) is 2.86. The molecule has 1 heterocycles.